The number of hydrogen-bond acceptors (Lipinski definition) is 3. The summed E-state index contributed by atoms with van der Waals surface area (Å²) in [6, 6.07) is 0.948. The number of carbonyl (C=O) groups excluding carboxylic acids is 1. The van der Waals surface area contributed by atoms with Crippen molar-refractivity contribution in [3.63, 3.8) is 0 Å². The van der Waals surface area contributed by atoms with Crippen LogP contribution in [0.2, 0.25) is 5.15 Å². The summed E-state index contributed by atoms with van der Waals surface area (Å²) in [7, 11) is 0. The Kier molecular flexibility index (Phi) is 4.61. The number of aromatic nitrogens is 1. The van der Waals surface area contributed by atoms with E-state index in [2.05, 4.69) is 25.7 Å². The van der Waals surface area contributed by atoms with Crippen LogP contribution in [0.3, 0.4) is 0 Å². The molecule has 0 spiro atoms. The summed E-state index contributed by atoms with van der Waals surface area (Å²) < 4.78 is 30.0. The van der Waals surface area contributed by atoms with Gasteiger partial charge >= 0.3 is 5.97 Å². The first kappa shape index (κ1) is 13.3. The van der Waals surface area contributed by atoms with Crippen LogP contribution in [-0.4, -0.2) is 17.6 Å². The van der Waals surface area contributed by atoms with Crippen LogP contribution in [-0.2, 0) is 4.74 Å². The molecule has 0 aliphatic heterocycles. The van der Waals surface area contributed by atoms with E-state index in [1.165, 1.54) is 0 Å². The molecule has 1 aromatic rings. The number of esters is 1. The molecule has 1 rings (SSSR count). The van der Waals surface area contributed by atoms with Gasteiger partial charge in [0.25, 0.3) is 6.43 Å². The van der Waals surface area contributed by atoms with Crippen LogP contribution in [0, 0.1) is 0 Å². The second-order valence-corrected chi connectivity index (χ2v) is 3.86. The average Bonchev–Trinajstić information content (AvgIpc) is 2.16. The van der Waals surface area contributed by atoms with Crippen LogP contribution in [0.5, 0.6) is 0 Å². The molecule has 0 N–H and O–H groups in total. The molecule has 0 aromatic carbocycles. The van der Waals surface area contributed by atoms with Gasteiger partial charge in [0.15, 0.2) is 0 Å². The number of ether oxygens (including phenoxy) is 1. The molecule has 0 atom stereocenters. The molecule has 0 amide bonds. The SMILES string of the molecule is CCOC(=O)c1c(C(F)F)cc(Cl)nc1Br. The van der Waals surface area contributed by atoms with Gasteiger partial charge in [-0.25, -0.2) is 18.6 Å². The van der Waals surface area contributed by atoms with Crippen molar-refractivity contribution < 1.29 is 18.3 Å². The van der Waals surface area contributed by atoms with Crippen molar-refractivity contribution in [3.05, 3.63) is 26.9 Å². The van der Waals surface area contributed by atoms with E-state index in [9.17, 15) is 13.6 Å². The van der Waals surface area contributed by atoms with Crippen LogP contribution < -0.4 is 0 Å². The van der Waals surface area contributed by atoms with Crippen molar-refractivity contribution in [1.29, 1.82) is 0 Å². The summed E-state index contributed by atoms with van der Waals surface area (Å²) in [5.41, 5.74) is -0.786. The zero-order valence-corrected chi connectivity index (χ0v) is 10.5. The molecule has 0 saturated heterocycles. The Hall–Kier alpha value is -0.750. The molecular formula is C9H7BrClF2NO2. The third kappa shape index (κ3) is 2.89. The molecule has 88 valence electrons. The maximum atomic E-state index is 12.7. The molecule has 16 heavy (non-hydrogen) atoms. The summed E-state index contributed by atoms with van der Waals surface area (Å²) in [5.74, 6) is -0.853. The zero-order chi connectivity index (χ0) is 12.3. The Morgan fingerprint density at radius 1 is 1.69 bits per heavy atom. The van der Waals surface area contributed by atoms with Gasteiger partial charge in [-0.15, -0.1) is 0 Å². The largest absolute Gasteiger partial charge is 0.462 e. The van der Waals surface area contributed by atoms with E-state index in [0.717, 1.165) is 6.07 Å². The fourth-order valence-electron chi connectivity index (χ4n) is 1.08. The molecule has 0 radical (unpaired) electrons. The van der Waals surface area contributed by atoms with Crippen LogP contribution in [0.4, 0.5) is 8.78 Å². The van der Waals surface area contributed by atoms with Gasteiger partial charge < -0.3 is 4.74 Å². The molecule has 0 saturated carbocycles. The van der Waals surface area contributed by atoms with Gasteiger partial charge in [-0.1, -0.05) is 11.6 Å². The minimum Gasteiger partial charge on any atom is -0.462 e. The van der Waals surface area contributed by atoms with E-state index in [4.69, 9.17) is 11.6 Å². The highest BCUT2D eigenvalue weighted by atomic mass is 79.9. The lowest BCUT2D eigenvalue weighted by Crippen LogP contribution is -2.10. The molecular weight excluding hydrogens is 307 g/mol. The number of pyridine rings is 1. The monoisotopic (exact) mass is 313 g/mol. The lowest BCUT2D eigenvalue weighted by molar-refractivity contribution is 0.0513. The van der Waals surface area contributed by atoms with Gasteiger partial charge in [0.05, 0.1) is 6.61 Å². The molecule has 0 bridgehead atoms. The van der Waals surface area contributed by atoms with E-state index in [1.54, 1.807) is 6.92 Å². The Bertz CT molecular complexity index is 415. The zero-order valence-electron chi connectivity index (χ0n) is 8.14. The molecule has 7 heteroatoms. The van der Waals surface area contributed by atoms with Crippen molar-refractivity contribution in [3.8, 4) is 0 Å². The van der Waals surface area contributed by atoms with E-state index in [-0.39, 0.29) is 21.9 Å². The van der Waals surface area contributed by atoms with Gasteiger partial charge in [-0.2, -0.15) is 0 Å². The second-order valence-electron chi connectivity index (χ2n) is 2.72. The lowest BCUT2D eigenvalue weighted by atomic mass is 10.1. The predicted molar refractivity (Wildman–Crippen MR) is 57.9 cm³/mol. The highest BCUT2D eigenvalue weighted by Gasteiger charge is 2.24. The highest BCUT2D eigenvalue weighted by Crippen LogP contribution is 2.30. The average molecular weight is 315 g/mol. The fraction of sp³-hybridized carbons (Fsp3) is 0.333. The Labute approximate surface area is 104 Å². The van der Waals surface area contributed by atoms with Gasteiger partial charge in [0.2, 0.25) is 0 Å². The van der Waals surface area contributed by atoms with E-state index < -0.39 is 18.0 Å². The Balaban J connectivity index is 3.29. The number of nitrogens with zero attached hydrogens (tertiary/aromatic N) is 1. The number of rotatable bonds is 3. The van der Waals surface area contributed by atoms with Gasteiger partial charge in [-0.3, -0.25) is 0 Å². The summed E-state index contributed by atoms with van der Waals surface area (Å²) in [6.45, 7) is 1.67. The maximum absolute atomic E-state index is 12.7. The van der Waals surface area contributed by atoms with E-state index in [0.29, 0.717) is 0 Å². The van der Waals surface area contributed by atoms with E-state index >= 15 is 0 Å². The normalized spacial score (nSPS) is 10.6. The third-order valence-corrected chi connectivity index (χ3v) is 2.46. The molecule has 0 unspecified atom stereocenters. The van der Waals surface area contributed by atoms with Crippen molar-refractivity contribution in [2.45, 2.75) is 13.3 Å². The summed E-state index contributed by atoms with van der Waals surface area (Å²) in [5, 5.41) is -0.116. The third-order valence-electron chi connectivity index (χ3n) is 1.69. The molecule has 1 heterocycles. The van der Waals surface area contributed by atoms with Gasteiger partial charge in [0, 0.05) is 5.56 Å². The smallest absolute Gasteiger partial charge is 0.341 e. The summed E-state index contributed by atoms with van der Waals surface area (Å²) in [6.07, 6.45) is -2.82. The summed E-state index contributed by atoms with van der Waals surface area (Å²) in [4.78, 5) is 15.1. The van der Waals surface area contributed by atoms with Gasteiger partial charge in [-0.05, 0) is 28.9 Å². The van der Waals surface area contributed by atoms with Crippen LogP contribution >= 0.6 is 27.5 Å². The maximum Gasteiger partial charge on any atom is 0.341 e. The summed E-state index contributed by atoms with van der Waals surface area (Å²) >= 11 is 8.43. The number of carbonyl (C=O) groups is 1. The van der Waals surface area contributed by atoms with Crippen molar-refractivity contribution >= 4 is 33.5 Å². The first-order chi connectivity index (χ1) is 7.47. The van der Waals surface area contributed by atoms with Crippen molar-refractivity contribution in [1.82, 2.24) is 4.98 Å². The second kappa shape index (κ2) is 5.54. The van der Waals surface area contributed by atoms with Gasteiger partial charge in [0.1, 0.15) is 15.3 Å². The Morgan fingerprint density at radius 2 is 2.31 bits per heavy atom. The number of hydrogen-bond donors (Lipinski definition) is 0. The molecule has 0 aliphatic carbocycles. The van der Waals surface area contributed by atoms with Crippen LogP contribution in [0.25, 0.3) is 0 Å². The predicted octanol–water partition coefficient (Wildman–Crippen LogP) is 3.61. The molecule has 1 aromatic heterocycles. The number of halogens is 4. The lowest BCUT2D eigenvalue weighted by Gasteiger charge is -2.09. The number of alkyl halides is 2. The standard InChI is InChI=1S/C9H7BrClF2NO2/c1-2-16-9(15)6-4(8(12)13)3-5(11)14-7(6)10/h3,8H,2H2,1H3. The fourth-order valence-corrected chi connectivity index (χ4v) is 1.96. The molecule has 0 fully saturated rings. The minimum atomic E-state index is -2.82. The quantitative estimate of drug-likeness (QED) is 0.632. The first-order valence-corrected chi connectivity index (χ1v) is 5.45. The topological polar surface area (TPSA) is 39.2 Å². The highest BCUT2D eigenvalue weighted by molar-refractivity contribution is 9.10. The van der Waals surface area contributed by atoms with E-state index in [1.807, 2.05) is 0 Å². The molecule has 3 nitrogen and oxygen atoms in total. The van der Waals surface area contributed by atoms with Crippen molar-refractivity contribution in [2.24, 2.45) is 0 Å². The van der Waals surface area contributed by atoms with Crippen LogP contribution in [0.1, 0.15) is 29.3 Å². The first-order valence-electron chi connectivity index (χ1n) is 4.28. The molecule has 0 aliphatic rings. The Morgan fingerprint density at radius 3 is 2.81 bits per heavy atom. The van der Waals surface area contributed by atoms with Crippen LogP contribution in [0.15, 0.2) is 10.7 Å². The van der Waals surface area contributed by atoms with Crippen molar-refractivity contribution in [2.75, 3.05) is 6.61 Å². The minimum absolute atomic E-state index is 0.0475.